The molecule has 1 atom stereocenters. The molecule has 0 aliphatic carbocycles. The first kappa shape index (κ1) is 27.1. The summed E-state index contributed by atoms with van der Waals surface area (Å²) < 4.78 is 2.04. The maximum Gasteiger partial charge on any atom is 0.304 e. The number of imidazole rings is 1. The van der Waals surface area contributed by atoms with Crippen LogP contribution < -0.4 is 11.1 Å². The van der Waals surface area contributed by atoms with E-state index < -0.39 is 11.4 Å². The summed E-state index contributed by atoms with van der Waals surface area (Å²) in [5.41, 5.74) is 8.93. The highest BCUT2D eigenvalue weighted by molar-refractivity contribution is 5.95. The number of carbonyl (C=O) groups excluding carboxylic acids is 1. The van der Waals surface area contributed by atoms with E-state index in [9.17, 15) is 9.59 Å². The van der Waals surface area contributed by atoms with Gasteiger partial charge in [-0.25, -0.2) is 4.98 Å². The van der Waals surface area contributed by atoms with Crippen LogP contribution in [0.1, 0.15) is 43.1 Å². The topological polar surface area (TPSA) is 141 Å². The van der Waals surface area contributed by atoms with Gasteiger partial charge in [-0.1, -0.05) is 6.07 Å². The van der Waals surface area contributed by atoms with Crippen LogP contribution in [0.5, 0.6) is 0 Å². The van der Waals surface area contributed by atoms with Gasteiger partial charge in [0.25, 0.3) is 0 Å². The van der Waals surface area contributed by atoms with Crippen LogP contribution in [0.3, 0.4) is 0 Å². The van der Waals surface area contributed by atoms with Crippen molar-refractivity contribution in [3.05, 3.63) is 59.4 Å². The normalized spacial score (nSPS) is 15.1. The second kappa shape index (κ2) is 11.2. The van der Waals surface area contributed by atoms with Crippen LogP contribution in [-0.4, -0.2) is 75.4 Å². The maximum atomic E-state index is 13.8. The number of carbonyl (C=O) groups is 2. The van der Waals surface area contributed by atoms with Crippen molar-refractivity contribution in [1.29, 1.82) is 5.41 Å². The number of fused-ring (bicyclic) bond motifs is 1. The van der Waals surface area contributed by atoms with Crippen molar-refractivity contribution in [3.8, 4) is 0 Å². The molecular weight excluding hydrogens is 482 g/mol. The summed E-state index contributed by atoms with van der Waals surface area (Å²) >= 11 is 0. The van der Waals surface area contributed by atoms with E-state index in [1.807, 2.05) is 65.7 Å². The van der Waals surface area contributed by atoms with Crippen molar-refractivity contribution in [1.82, 2.24) is 19.4 Å². The van der Waals surface area contributed by atoms with Gasteiger partial charge in [0.2, 0.25) is 5.91 Å². The van der Waals surface area contributed by atoms with Crippen LogP contribution in [0.15, 0.2) is 42.5 Å². The molecule has 0 spiro atoms. The minimum Gasteiger partial charge on any atom is -0.481 e. The number of nitrogen functional groups attached to an aromatic ring is 1. The predicted octanol–water partition coefficient (Wildman–Crippen LogP) is 2.76. The molecule has 3 aromatic rings. The number of carboxylic acid groups (broad SMARTS) is 1. The Morgan fingerprint density at radius 2 is 1.87 bits per heavy atom. The Labute approximate surface area is 222 Å². The number of nitrogens with two attached hydrogens (primary N) is 1. The molecule has 10 heteroatoms. The first-order chi connectivity index (χ1) is 18.1. The van der Waals surface area contributed by atoms with E-state index in [-0.39, 0.29) is 18.2 Å². The fourth-order valence-corrected chi connectivity index (χ4v) is 5.16. The minimum absolute atomic E-state index is 0.0254. The van der Waals surface area contributed by atoms with Crippen molar-refractivity contribution < 1.29 is 14.7 Å². The monoisotopic (exact) mass is 519 g/mol. The number of benzene rings is 2. The van der Waals surface area contributed by atoms with Crippen LogP contribution in [0.25, 0.3) is 11.0 Å². The second-order valence-corrected chi connectivity index (χ2v) is 10.3. The van der Waals surface area contributed by atoms with Gasteiger partial charge in [0.15, 0.2) is 0 Å². The number of aliphatic carboxylic acids is 1. The summed E-state index contributed by atoms with van der Waals surface area (Å²) in [6.07, 6.45) is 2.03. The Morgan fingerprint density at radius 3 is 2.50 bits per heavy atom. The fourth-order valence-electron chi connectivity index (χ4n) is 5.16. The third-order valence-electron chi connectivity index (χ3n) is 7.42. The summed E-state index contributed by atoms with van der Waals surface area (Å²) in [7, 11) is 3.84. The summed E-state index contributed by atoms with van der Waals surface area (Å²) in [5.74, 6) is 0.101. The first-order valence-corrected chi connectivity index (χ1v) is 12.9. The number of likely N-dealkylation sites (N-methyl/N-ethyl adjacent to an activating group) is 1. The number of amidine groups is 1. The van der Waals surface area contributed by atoms with Crippen LogP contribution in [0.2, 0.25) is 0 Å². The van der Waals surface area contributed by atoms with Gasteiger partial charge in [-0.05, 0) is 68.8 Å². The van der Waals surface area contributed by atoms with Crippen LogP contribution >= 0.6 is 0 Å². The molecular formula is C28H37N7O3. The van der Waals surface area contributed by atoms with E-state index in [0.29, 0.717) is 25.2 Å². The molecule has 2 heterocycles. The molecule has 0 saturated carbocycles. The number of likely N-dealkylation sites (tertiary alicyclic amines) is 1. The van der Waals surface area contributed by atoms with Gasteiger partial charge in [-0.2, -0.15) is 0 Å². The zero-order chi connectivity index (χ0) is 27.4. The van der Waals surface area contributed by atoms with Crippen molar-refractivity contribution in [2.75, 3.05) is 38.5 Å². The SMILES string of the molecule is CN(CCC(=O)O)CC(C)(C(=O)N1CCCC1)c1ccc2c(c1)nc(CNc1ccc(C(=N)N)cc1)n2C. The molecule has 1 amide bonds. The van der Waals surface area contributed by atoms with E-state index in [2.05, 4.69) is 5.32 Å². The number of hydrogen-bond donors (Lipinski definition) is 4. The van der Waals surface area contributed by atoms with Gasteiger partial charge < -0.3 is 30.5 Å². The highest BCUT2D eigenvalue weighted by Gasteiger charge is 2.40. The van der Waals surface area contributed by atoms with Gasteiger partial charge >= 0.3 is 5.97 Å². The fraction of sp³-hybridized carbons (Fsp3) is 0.429. The lowest BCUT2D eigenvalue weighted by molar-refractivity contribution is -0.137. The smallest absolute Gasteiger partial charge is 0.304 e. The third kappa shape index (κ3) is 5.80. The van der Waals surface area contributed by atoms with Gasteiger partial charge in [-0.3, -0.25) is 15.0 Å². The Morgan fingerprint density at radius 1 is 1.18 bits per heavy atom. The van der Waals surface area contributed by atoms with E-state index in [4.69, 9.17) is 21.2 Å². The zero-order valence-electron chi connectivity index (χ0n) is 22.3. The number of anilines is 1. The molecule has 4 rings (SSSR count). The number of carboxylic acids is 1. The molecule has 10 nitrogen and oxygen atoms in total. The Balaban J connectivity index is 1.59. The van der Waals surface area contributed by atoms with E-state index in [0.717, 1.165) is 54.0 Å². The minimum atomic E-state index is -0.852. The van der Waals surface area contributed by atoms with Gasteiger partial charge in [-0.15, -0.1) is 0 Å². The molecule has 1 unspecified atom stereocenters. The highest BCUT2D eigenvalue weighted by atomic mass is 16.4. The van der Waals surface area contributed by atoms with Crippen molar-refractivity contribution in [3.63, 3.8) is 0 Å². The van der Waals surface area contributed by atoms with Crippen molar-refractivity contribution in [2.45, 2.75) is 38.1 Å². The Hall–Kier alpha value is -3.92. The molecule has 5 N–H and O–H groups in total. The molecule has 1 fully saturated rings. The first-order valence-electron chi connectivity index (χ1n) is 12.9. The number of aryl methyl sites for hydroxylation is 1. The van der Waals surface area contributed by atoms with Crippen LogP contribution in [-0.2, 0) is 28.6 Å². The van der Waals surface area contributed by atoms with E-state index >= 15 is 0 Å². The molecule has 1 aliphatic rings. The standard InChI is InChI=1S/C28H37N7O3/c1-28(18-33(2)15-12-25(36)37,27(38)35-13-4-5-14-35)20-8-11-23-22(16-20)32-24(34(23)3)17-31-21-9-6-19(7-10-21)26(29)30/h6-11,16,31H,4-5,12-15,17-18H2,1-3H3,(H3,29,30)(H,36,37). The second-order valence-electron chi connectivity index (χ2n) is 10.3. The van der Waals surface area contributed by atoms with Gasteiger partial charge in [0, 0.05) is 44.5 Å². The van der Waals surface area contributed by atoms with Crippen LogP contribution in [0.4, 0.5) is 5.69 Å². The molecule has 202 valence electrons. The Kier molecular flexibility index (Phi) is 8.01. The summed E-state index contributed by atoms with van der Waals surface area (Å²) in [5, 5.41) is 20.0. The predicted molar refractivity (Wildman–Crippen MR) is 148 cm³/mol. The average Bonchev–Trinajstić information content (AvgIpc) is 3.54. The number of nitrogens with zero attached hydrogens (tertiary/aromatic N) is 4. The lowest BCUT2D eigenvalue weighted by atomic mass is 9.80. The van der Waals surface area contributed by atoms with Crippen molar-refractivity contribution >= 4 is 34.4 Å². The summed E-state index contributed by atoms with van der Waals surface area (Å²) in [4.78, 5) is 33.7. The maximum absolute atomic E-state index is 13.8. The third-order valence-corrected chi connectivity index (χ3v) is 7.42. The molecule has 1 saturated heterocycles. The van der Waals surface area contributed by atoms with Gasteiger partial charge in [0.05, 0.1) is 29.4 Å². The highest BCUT2D eigenvalue weighted by Crippen LogP contribution is 2.32. The van der Waals surface area contributed by atoms with E-state index in [1.165, 1.54) is 0 Å². The Bertz CT molecular complexity index is 1330. The molecule has 1 aromatic heterocycles. The van der Waals surface area contributed by atoms with E-state index in [1.54, 1.807) is 12.1 Å². The number of rotatable bonds is 11. The lowest BCUT2D eigenvalue weighted by Crippen LogP contribution is -2.50. The number of nitrogens with one attached hydrogen (secondary N) is 2. The zero-order valence-corrected chi connectivity index (χ0v) is 22.3. The summed E-state index contributed by atoms with van der Waals surface area (Å²) in [6.45, 7) is 4.75. The summed E-state index contributed by atoms with van der Waals surface area (Å²) in [6, 6.07) is 13.4. The molecule has 2 aromatic carbocycles. The molecule has 1 aliphatic heterocycles. The molecule has 0 bridgehead atoms. The number of amides is 1. The van der Waals surface area contributed by atoms with Gasteiger partial charge in [0.1, 0.15) is 11.7 Å². The average molecular weight is 520 g/mol. The quantitative estimate of drug-likeness (QED) is 0.225. The number of aromatic nitrogens is 2. The molecule has 38 heavy (non-hydrogen) atoms. The van der Waals surface area contributed by atoms with Crippen molar-refractivity contribution in [2.24, 2.45) is 12.8 Å². The number of hydrogen-bond acceptors (Lipinski definition) is 6. The van der Waals surface area contributed by atoms with Crippen LogP contribution in [0, 0.1) is 5.41 Å². The lowest BCUT2D eigenvalue weighted by Gasteiger charge is -2.36. The molecule has 0 radical (unpaired) electrons. The largest absolute Gasteiger partial charge is 0.481 e.